The predicted molar refractivity (Wildman–Crippen MR) is 78.1 cm³/mol. The summed E-state index contributed by atoms with van der Waals surface area (Å²) in [6.45, 7) is 2.87. The largest absolute Gasteiger partial charge is 0.423 e. The summed E-state index contributed by atoms with van der Waals surface area (Å²) in [6.07, 6.45) is -1.91. The van der Waals surface area contributed by atoms with Crippen molar-refractivity contribution in [2.75, 3.05) is 11.9 Å². The first kappa shape index (κ1) is 14.9. The number of halogens is 3. The number of rotatable bonds is 1. The molecule has 2 heterocycles. The molecule has 1 aliphatic heterocycles. The number of fused-ring (bicyclic) bond motifs is 2. The van der Waals surface area contributed by atoms with Crippen LogP contribution < -0.4 is 10.9 Å². The molecule has 6 heteroatoms. The minimum absolute atomic E-state index is 0.0268. The van der Waals surface area contributed by atoms with Crippen molar-refractivity contribution < 1.29 is 17.6 Å². The van der Waals surface area contributed by atoms with Crippen LogP contribution in [-0.2, 0) is 12.6 Å². The van der Waals surface area contributed by atoms with Gasteiger partial charge in [0, 0.05) is 29.8 Å². The molecule has 0 spiro atoms. The Labute approximate surface area is 125 Å². The second kappa shape index (κ2) is 5.34. The fourth-order valence-corrected chi connectivity index (χ4v) is 2.92. The molecule has 0 saturated carbocycles. The van der Waals surface area contributed by atoms with E-state index in [4.69, 9.17) is 4.42 Å². The molecule has 1 aromatic heterocycles. The Morgan fingerprint density at radius 1 is 1.32 bits per heavy atom. The fourth-order valence-electron chi connectivity index (χ4n) is 2.92. The molecule has 3 nitrogen and oxygen atoms in total. The number of nitrogens with one attached hydrogen (secondary N) is 1. The van der Waals surface area contributed by atoms with Gasteiger partial charge < -0.3 is 9.73 Å². The summed E-state index contributed by atoms with van der Waals surface area (Å²) in [7, 11) is 0. The zero-order valence-electron chi connectivity index (χ0n) is 12.1. The molecule has 0 radical (unpaired) electrons. The van der Waals surface area contributed by atoms with Crippen LogP contribution in [0.4, 0.5) is 18.9 Å². The van der Waals surface area contributed by atoms with Crippen LogP contribution in [0.15, 0.2) is 27.4 Å². The van der Waals surface area contributed by atoms with Gasteiger partial charge in [0.05, 0.1) is 5.56 Å². The SMILES string of the molecule is CC[C@@H]1CCc2cc3c(C(F)(F)F)cc(=O)oc3cc2NC1. The summed E-state index contributed by atoms with van der Waals surface area (Å²) in [6, 6.07) is 3.54. The third-order valence-corrected chi connectivity index (χ3v) is 4.25. The van der Waals surface area contributed by atoms with Crippen LogP contribution in [-0.4, -0.2) is 6.54 Å². The quantitative estimate of drug-likeness (QED) is 0.803. The zero-order chi connectivity index (χ0) is 15.9. The highest BCUT2D eigenvalue weighted by Crippen LogP contribution is 2.37. The maximum Gasteiger partial charge on any atom is 0.417 e. The Morgan fingerprint density at radius 3 is 2.77 bits per heavy atom. The van der Waals surface area contributed by atoms with Gasteiger partial charge in [-0.1, -0.05) is 13.3 Å². The number of alkyl halides is 3. The lowest BCUT2D eigenvalue weighted by Gasteiger charge is -2.13. The van der Waals surface area contributed by atoms with Gasteiger partial charge in [0.1, 0.15) is 5.58 Å². The van der Waals surface area contributed by atoms with E-state index in [1.165, 1.54) is 12.1 Å². The van der Waals surface area contributed by atoms with E-state index in [1.807, 2.05) is 0 Å². The Bertz CT molecular complexity index is 764. The zero-order valence-corrected chi connectivity index (χ0v) is 12.1. The average molecular weight is 311 g/mol. The monoisotopic (exact) mass is 311 g/mol. The van der Waals surface area contributed by atoms with E-state index in [1.54, 1.807) is 0 Å². The van der Waals surface area contributed by atoms with Gasteiger partial charge in [0.15, 0.2) is 0 Å². The average Bonchev–Trinajstić information content (AvgIpc) is 2.65. The Hall–Kier alpha value is -1.98. The number of aryl methyl sites for hydroxylation is 1. The summed E-state index contributed by atoms with van der Waals surface area (Å²) < 4.78 is 44.4. The number of benzene rings is 1. The molecular formula is C16H16F3NO2. The summed E-state index contributed by atoms with van der Waals surface area (Å²) in [5.41, 5.74) is -0.354. The van der Waals surface area contributed by atoms with Crippen molar-refractivity contribution in [3.63, 3.8) is 0 Å². The molecular weight excluding hydrogens is 295 g/mol. The van der Waals surface area contributed by atoms with Gasteiger partial charge in [-0.2, -0.15) is 13.2 Å². The van der Waals surface area contributed by atoms with Crippen molar-refractivity contribution >= 4 is 16.7 Å². The van der Waals surface area contributed by atoms with Crippen LogP contribution in [0.5, 0.6) is 0 Å². The first-order valence-corrected chi connectivity index (χ1v) is 7.30. The van der Waals surface area contributed by atoms with Gasteiger partial charge in [0.2, 0.25) is 0 Å². The molecule has 0 aliphatic carbocycles. The molecule has 0 bridgehead atoms. The van der Waals surface area contributed by atoms with Gasteiger partial charge in [-0.05, 0) is 30.4 Å². The lowest BCUT2D eigenvalue weighted by Crippen LogP contribution is -2.12. The molecule has 0 unspecified atom stereocenters. The Morgan fingerprint density at radius 2 is 2.09 bits per heavy atom. The third-order valence-electron chi connectivity index (χ3n) is 4.25. The molecule has 118 valence electrons. The highest BCUT2D eigenvalue weighted by atomic mass is 19.4. The molecule has 0 saturated heterocycles. The number of hydrogen-bond donors (Lipinski definition) is 1. The number of anilines is 1. The maximum absolute atomic E-state index is 13.1. The van der Waals surface area contributed by atoms with E-state index < -0.39 is 17.4 Å². The Balaban J connectivity index is 2.18. The van der Waals surface area contributed by atoms with Crippen LogP contribution in [0.1, 0.15) is 30.9 Å². The standard InChI is InChI=1S/C16H16F3NO2/c1-2-9-3-4-10-5-11-12(16(17,18)19)6-15(21)22-14(11)7-13(10)20-8-9/h5-7,9,20H,2-4,8H2,1H3/t9-/m1/s1. The lowest BCUT2D eigenvalue weighted by atomic mass is 9.97. The van der Waals surface area contributed by atoms with Crippen LogP contribution in [0.25, 0.3) is 11.0 Å². The molecule has 22 heavy (non-hydrogen) atoms. The van der Waals surface area contributed by atoms with E-state index in [2.05, 4.69) is 12.2 Å². The van der Waals surface area contributed by atoms with E-state index in [0.717, 1.165) is 30.6 Å². The summed E-state index contributed by atoms with van der Waals surface area (Å²) in [4.78, 5) is 11.4. The molecule has 1 N–H and O–H groups in total. The molecule has 0 amide bonds. The van der Waals surface area contributed by atoms with Crippen LogP contribution in [0.3, 0.4) is 0 Å². The smallest absolute Gasteiger partial charge is 0.417 e. The molecule has 1 aliphatic rings. The van der Waals surface area contributed by atoms with Gasteiger partial charge in [-0.25, -0.2) is 4.79 Å². The second-order valence-corrected chi connectivity index (χ2v) is 5.68. The first-order chi connectivity index (χ1) is 10.4. The van der Waals surface area contributed by atoms with Crippen LogP contribution in [0.2, 0.25) is 0 Å². The maximum atomic E-state index is 13.1. The summed E-state index contributed by atoms with van der Waals surface area (Å²) in [5.74, 6) is 0.490. The van der Waals surface area contributed by atoms with Crippen molar-refractivity contribution in [2.45, 2.75) is 32.4 Å². The van der Waals surface area contributed by atoms with E-state index in [0.29, 0.717) is 18.4 Å². The van der Waals surface area contributed by atoms with E-state index in [9.17, 15) is 18.0 Å². The Kier molecular flexibility index (Phi) is 3.62. The topological polar surface area (TPSA) is 42.2 Å². The van der Waals surface area contributed by atoms with Gasteiger partial charge >= 0.3 is 11.8 Å². The second-order valence-electron chi connectivity index (χ2n) is 5.68. The fraction of sp³-hybridized carbons (Fsp3) is 0.438. The summed E-state index contributed by atoms with van der Waals surface area (Å²) in [5, 5.41) is 3.20. The number of hydrogen-bond acceptors (Lipinski definition) is 3. The molecule has 0 fully saturated rings. The minimum Gasteiger partial charge on any atom is -0.423 e. The van der Waals surface area contributed by atoms with Gasteiger partial charge in [0.25, 0.3) is 0 Å². The highest BCUT2D eigenvalue weighted by molar-refractivity contribution is 5.85. The molecule has 2 aromatic rings. The molecule has 1 atom stereocenters. The van der Waals surface area contributed by atoms with E-state index >= 15 is 0 Å². The van der Waals surface area contributed by atoms with Crippen molar-refractivity contribution in [3.8, 4) is 0 Å². The molecule has 1 aromatic carbocycles. The minimum atomic E-state index is -4.58. The van der Waals surface area contributed by atoms with Gasteiger partial charge in [-0.15, -0.1) is 0 Å². The first-order valence-electron chi connectivity index (χ1n) is 7.30. The van der Waals surface area contributed by atoms with Crippen molar-refractivity contribution in [3.05, 3.63) is 39.7 Å². The van der Waals surface area contributed by atoms with Crippen LogP contribution in [0, 0.1) is 5.92 Å². The van der Waals surface area contributed by atoms with Crippen molar-refractivity contribution in [1.82, 2.24) is 0 Å². The highest BCUT2D eigenvalue weighted by Gasteiger charge is 2.34. The van der Waals surface area contributed by atoms with Crippen molar-refractivity contribution in [1.29, 1.82) is 0 Å². The molecule has 3 rings (SSSR count). The normalized spacial score (nSPS) is 18.6. The lowest BCUT2D eigenvalue weighted by molar-refractivity contribution is -0.136. The van der Waals surface area contributed by atoms with Crippen molar-refractivity contribution in [2.24, 2.45) is 5.92 Å². The third kappa shape index (κ3) is 2.69. The van der Waals surface area contributed by atoms with Gasteiger partial charge in [-0.3, -0.25) is 0 Å². The van der Waals surface area contributed by atoms with E-state index in [-0.39, 0.29) is 11.0 Å². The predicted octanol–water partition coefficient (Wildman–Crippen LogP) is 4.20. The van der Waals surface area contributed by atoms with Crippen LogP contribution >= 0.6 is 0 Å². The summed E-state index contributed by atoms with van der Waals surface area (Å²) >= 11 is 0.